The van der Waals surface area contributed by atoms with Gasteiger partial charge in [0.05, 0.1) is 17.7 Å². The van der Waals surface area contributed by atoms with Crippen molar-refractivity contribution in [2.24, 2.45) is 0 Å². The third-order valence-electron chi connectivity index (χ3n) is 4.33. The van der Waals surface area contributed by atoms with Crippen molar-refractivity contribution >= 4 is 11.8 Å². The molecule has 0 aromatic heterocycles. The monoisotopic (exact) mass is 349 g/mol. The van der Waals surface area contributed by atoms with Crippen LogP contribution in [0.5, 0.6) is 5.75 Å². The molecule has 9 nitrogen and oxygen atoms in total. The molecule has 0 bridgehead atoms. The molecule has 2 aliphatic heterocycles. The van der Waals surface area contributed by atoms with Crippen LogP contribution in [0.2, 0.25) is 0 Å². The average Bonchev–Trinajstić information content (AvgIpc) is 3.17. The number of ether oxygens (including phenoxy) is 1. The van der Waals surface area contributed by atoms with Gasteiger partial charge in [0, 0.05) is 6.54 Å². The van der Waals surface area contributed by atoms with Gasteiger partial charge in [-0.3, -0.25) is 19.4 Å². The van der Waals surface area contributed by atoms with Gasteiger partial charge in [0.1, 0.15) is 19.0 Å². The first-order chi connectivity index (χ1) is 12.1. The largest absolute Gasteiger partial charge is 0.492 e. The van der Waals surface area contributed by atoms with Crippen LogP contribution in [0.15, 0.2) is 18.2 Å². The highest BCUT2D eigenvalue weighted by Crippen LogP contribution is 2.26. The van der Waals surface area contributed by atoms with Gasteiger partial charge in [-0.1, -0.05) is 0 Å². The van der Waals surface area contributed by atoms with Crippen molar-refractivity contribution in [3.63, 3.8) is 0 Å². The molecule has 2 amide bonds. The number of hydrogen-bond donors (Lipinski definition) is 0. The Bertz CT molecular complexity index is 686. The van der Waals surface area contributed by atoms with Crippen molar-refractivity contribution in [2.75, 3.05) is 39.4 Å². The van der Waals surface area contributed by atoms with Crippen molar-refractivity contribution in [1.82, 2.24) is 9.80 Å². The molecular formula is C16H19N3O6. The van der Waals surface area contributed by atoms with Crippen LogP contribution in [-0.2, 0) is 4.84 Å². The Morgan fingerprint density at radius 1 is 1.04 bits per heavy atom. The molecule has 0 spiro atoms. The summed E-state index contributed by atoms with van der Waals surface area (Å²) in [4.78, 5) is 42.2. The first-order valence-corrected chi connectivity index (χ1v) is 8.19. The molecule has 2 heterocycles. The molecule has 25 heavy (non-hydrogen) atoms. The second-order valence-electron chi connectivity index (χ2n) is 5.92. The van der Waals surface area contributed by atoms with E-state index in [0.717, 1.165) is 24.5 Å². The minimum atomic E-state index is -0.954. The first-order valence-electron chi connectivity index (χ1n) is 8.19. The van der Waals surface area contributed by atoms with Crippen LogP contribution >= 0.6 is 0 Å². The number of hydrogen-bond acceptors (Lipinski definition) is 7. The number of nitrogens with zero attached hydrogens (tertiary/aromatic N) is 3. The van der Waals surface area contributed by atoms with Crippen molar-refractivity contribution < 1.29 is 24.3 Å². The van der Waals surface area contributed by atoms with Crippen LogP contribution in [0, 0.1) is 10.1 Å². The van der Waals surface area contributed by atoms with Crippen molar-refractivity contribution in [1.29, 1.82) is 0 Å². The molecule has 9 heteroatoms. The Kier molecular flexibility index (Phi) is 5.13. The molecule has 3 rings (SSSR count). The molecule has 0 unspecified atom stereocenters. The Hall–Kier alpha value is -2.68. The molecular weight excluding hydrogens is 330 g/mol. The first kappa shape index (κ1) is 17.2. The van der Waals surface area contributed by atoms with Gasteiger partial charge in [0.15, 0.2) is 0 Å². The Morgan fingerprint density at radius 3 is 2.48 bits per heavy atom. The summed E-state index contributed by atoms with van der Waals surface area (Å²) in [7, 11) is 0. The molecule has 2 aliphatic rings. The molecule has 0 N–H and O–H groups in total. The number of carbonyl (C=O) groups is 2. The number of likely N-dealkylation sites (tertiary alicyclic amines) is 1. The van der Waals surface area contributed by atoms with Crippen molar-refractivity contribution in [3.05, 3.63) is 39.4 Å². The Morgan fingerprint density at radius 2 is 1.76 bits per heavy atom. The summed E-state index contributed by atoms with van der Waals surface area (Å²) in [6, 6.07) is 4.76. The van der Waals surface area contributed by atoms with E-state index in [9.17, 15) is 19.7 Å². The van der Waals surface area contributed by atoms with Gasteiger partial charge in [-0.25, -0.2) is 0 Å². The molecule has 1 saturated heterocycles. The second kappa shape index (κ2) is 7.47. The highest BCUT2D eigenvalue weighted by Gasteiger charge is 2.35. The fourth-order valence-corrected chi connectivity index (χ4v) is 3.07. The van der Waals surface area contributed by atoms with Crippen LogP contribution in [0.4, 0.5) is 0 Å². The van der Waals surface area contributed by atoms with Gasteiger partial charge < -0.3 is 9.57 Å². The smallest absolute Gasteiger partial charge is 0.294 e. The summed E-state index contributed by atoms with van der Waals surface area (Å²) in [5.74, 6) is -0.435. The number of amides is 2. The minimum Gasteiger partial charge on any atom is -0.492 e. The van der Waals surface area contributed by atoms with Gasteiger partial charge in [-0.2, -0.15) is 0 Å². The van der Waals surface area contributed by atoms with E-state index >= 15 is 0 Å². The maximum absolute atomic E-state index is 12.3. The number of fused-ring (bicyclic) bond motifs is 1. The van der Waals surface area contributed by atoms with Gasteiger partial charge >= 0.3 is 0 Å². The fourth-order valence-electron chi connectivity index (χ4n) is 3.07. The van der Waals surface area contributed by atoms with E-state index in [1.807, 2.05) is 0 Å². The van der Waals surface area contributed by atoms with Gasteiger partial charge in [-0.05, 0) is 44.1 Å². The zero-order valence-electron chi connectivity index (χ0n) is 13.7. The molecule has 0 saturated carbocycles. The van der Waals surface area contributed by atoms with Crippen LogP contribution < -0.4 is 4.74 Å². The summed E-state index contributed by atoms with van der Waals surface area (Å²) in [5, 5.41) is 9.22. The van der Waals surface area contributed by atoms with E-state index in [4.69, 9.17) is 4.74 Å². The van der Waals surface area contributed by atoms with Crippen molar-refractivity contribution in [2.45, 2.75) is 12.8 Å². The zero-order valence-corrected chi connectivity index (χ0v) is 13.7. The van der Waals surface area contributed by atoms with E-state index in [1.54, 1.807) is 18.2 Å². The molecule has 1 aromatic carbocycles. The molecule has 1 fully saturated rings. The third-order valence-corrected chi connectivity index (χ3v) is 4.33. The van der Waals surface area contributed by atoms with E-state index in [1.165, 1.54) is 12.8 Å². The highest BCUT2D eigenvalue weighted by atomic mass is 16.9. The summed E-state index contributed by atoms with van der Waals surface area (Å²) in [6.45, 7) is 3.00. The Balaban J connectivity index is 1.59. The fraction of sp³-hybridized carbons (Fsp3) is 0.500. The van der Waals surface area contributed by atoms with Crippen molar-refractivity contribution in [3.8, 4) is 5.75 Å². The summed E-state index contributed by atoms with van der Waals surface area (Å²) < 4.78 is 5.69. The van der Waals surface area contributed by atoms with E-state index in [0.29, 0.717) is 12.4 Å². The van der Waals surface area contributed by atoms with E-state index < -0.39 is 16.9 Å². The van der Waals surface area contributed by atoms with E-state index in [2.05, 4.69) is 9.74 Å². The van der Waals surface area contributed by atoms with Crippen LogP contribution in [0.1, 0.15) is 33.6 Å². The predicted octanol–water partition coefficient (Wildman–Crippen LogP) is 0.966. The molecule has 1 aromatic rings. The lowest BCUT2D eigenvalue weighted by molar-refractivity contribution is -0.757. The lowest BCUT2D eigenvalue weighted by atomic mass is 10.1. The number of carbonyl (C=O) groups excluding carboxylic acids is 2. The summed E-state index contributed by atoms with van der Waals surface area (Å²) in [6.07, 6.45) is 2.43. The van der Waals surface area contributed by atoms with Gasteiger partial charge in [0.2, 0.25) is 0 Å². The third kappa shape index (κ3) is 3.87. The lowest BCUT2D eigenvalue weighted by Crippen LogP contribution is -2.33. The van der Waals surface area contributed by atoms with Crippen LogP contribution in [-0.4, -0.2) is 66.1 Å². The molecule has 0 atom stereocenters. The maximum Gasteiger partial charge on any atom is 0.294 e. The average molecular weight is 349 g/mol. The van der Waals surface area contributed by atoms with Crippen LogP contribution in [0.3, 0.4) is 0 Å². The highest BCUT2D eigenvalue weighted by molar-refractivity contribution is 6.21. The quantitative estimate of drug-likeness (QED) is 0.391. The van der Waals surface area contributed by atoms with Crippen LogP contribution in [0.25, 0.3) is 0 Å². The zero-order chi connectivity index (χ0) is 17.8. The second-order valence-corrected chi connectivity index (χ2v) is 5.92. The minimum absolute atomic E-state index is 0.168. The number of imide groups is 1. The normalized spacial score (nSPS) is 17.0. The SMILES string of the molecule is O=C1c2ccc(OCCN3CCCC3)cc2C(=O)N1CCO[N+](=O)[O-]. The maximum atomic E-state index is 12.3. The number of benzene rings is 1. The topological polar surface area (TPSA) is 102 Å². The van der Waals surface area contributed by atoms with E-state index in [-0.39, 0.29) is 24.3 Å². The lowest BCUT2D eigenvalue weighted by Gasteiger charge is -2.15. The molecule has 0 radical (unpaired) electrons. The molecule has 0 aliphatic carbocycles. The standard InChI is InChI=1S/C16H19N3O6/c20-15-13-4-3-12(24-9-7-17-5-1-2-6-17)11-14(13)16(21)18(15)8-10-25-19(22)23/h3-4,11H,1-2,5-10H2. The Labute approximate surface area is 144 Å². The molecule has 134 valence electrons. The summed E-state index contributed by atoms with van der Waals surface area (Å²) >= 11 is 0. The number of rotatable bonds is 8. The predicted molar refractivity (Wildman–Crippen MR) is 85.9 cm³/mol. The van der Waals surface area contributed by atoms with Gasteiger partial charge in [-0.15, -0.1) is 10.1 Å². The summed E-state index contributed by atoms with van der Waals surface area (Å²) in [5.41, 5.74) is 0.530. The van der Waals surface area contributed by atoms with Gasteiger partial charge in [0.25, 0.3) is 16.9 Å².